The van der Waals surface area contributed by atoms with Crippen LogP contribution in [0.5, 0.6) is 5.75 Å². The lowest BCUT2D eigenvalue weighted by Gasteiger charge is -2.18. The lowest BCUT2D eigenvalue weighted by Crippen LogP contribution is -2.32. The van der Waals surface area contributed by atoms with Crippen LogP contribution in [0.4, 0.5) is 0 Å². The molecule has 21 heavy (non-hydrogen) atoms. The standard InChI is InChI=1S/C16H23NO4/c1-16(2,15(19)20)10-11-17-14(18)9-6-12-4-7-13(21-3)8-5-12/h4-5,7-8H,6,9-11H2,1-3H3,(H,17,18)(H,19,20). The van der Waals surface area contributed by atoms with E-state index in [1.165, 1.54) is 0 Å². The van der Waals surface area contributed by atoms with Crippen LogP contribution in [-0.2, 0) is 16.0 Å². The van der Waals surface area contributed by atoms with Crippen LogP contribution < -0.4 is 10.1 Å². The van der Waals surface area contributed by atoms with Crippen molar-refractivity contribution >= 4 is 11.9 Å². The van der Waals surface area contributed by atoms with Crippen molar-refractivity contribution in [1.29, 1.82) is 0 Å². The summed E-state index contributed by atoms with van der Waals surface area (Å²) >= 11 is 0. The average Bonchev–Trinajstić information content (AvgIpc) is 2.45. The maximum atomic E-state index is 11.7. The molecule has 0 aliphatic heterocycles. The molecule has 0 atom stereocenters. The molecule has 1 aromatic rings. The van der Waals surface area contributed by atoms with Crippen molar-refractivity contribution in [2.45, 2.75) is 33.1 Å². The number of carbonyl (C=O) groups excluding carboxylic acids is 1. The summed E-state index contributed by atoms with van der Waals surface area (Å²) in [7, 11) is 1.61. The van der Waals surface area contributed by atoms with Gasteiger partial charge in [-0.2, -0.15) is 0 Å². The Kier molecular flexibility index (Phi) is 6.21. The van der Waals surface area contributed by atoms with Crippen LogP contribution in [0.25, 0.3) is 0 Å². The van der Waals surface area contributed by atoms with Crippen LogP contribution in [0, 0.1) is 5.41 Å². The van der Waals surface area contributed by atoms with Gasteiger partial charge in [0.05, 0.1) is 12.5 Å². The summed E-state index contributed by atoms with van der Waals surface area (Å²) in [6, 6.07) is 7.59. The fourth-order valence-corrected chi connectivity index (χ4v) is 1.76. The molecule has 0 radical (unpaired) electrons. The molecule has 1 aromatic carbocycles. The molecule has 0 spiro atoms. The second-order valence-corrected chi connectivity index (χ2v) is 5.64. The maximum Gasteiger partial charge on any atom is 0.309 e. The number of rotatable bonds is 8. The topological polar surface area (TPSA) is 75.6 Å². The van der Waals surface area contributed by atoms with Crippen molar-refractivity contribution in [3.05, 3.63) is 29.8 Å². The van der Waals surface area contributed by atoms with Gasteiger partial charge in [-0.1, -0.05) is 12.1 Å². The lowest BCUT2D eigenvalue weighted by atomic mass is 9.90. The Balaban J connectivity index is 2.29. The molecular formula is C16H23NO4. The molecular weight excluding hydrogens is 270 g/mol. The van der Waals surface area contributed by atoms with E-state index in [0.717, 1.165) is 11.3 Å². The number of aliphatic carboxylic acids is 1. The van der Waals surface area contributed by atoms with E-state index in [-0.39, 0.29) is 5.91 Å². The van der Waals surface area contributed by atoms with Gasteiger partial charge in [-0.15, -0.1) is 0 Å². The summed E-state index contributed by atoms with van der Waals surface area (Å²) in [5.41, 5.74) is 0.250. The monoisotopic (exact) mass is 293 g/mol. The molecule has 2 N–H and O–H groups in total. The van der Waals surface area contributed by atoms with Crippen molar-refractivity contribution in [2.75, 3.05) is 13.7 Å². The van der Waals surface area contributed by atoms with E-state index in [0.29, 0.717) is 25.8 Å². The van der Waals surface area contributed by atoms with E-state index in [4.69, 9.17) is 9.84 Å². The molecule has 0 aromatic heterocycles. The van der Waals surface area contributed by atoms with E-state index in [1.807, 2.05) is 24.3 Å². The molecule has 5 nitrogen and oxygen atoms in total. The van der Waals surface area contributed by atoms with Crippen molar-refractivity contribution < 1.29 is 19.4 Å². The number of hydrogen-bond donors (Lipinski definition) is 2. The largest absolute Gasteiger partial charge is 0.497 e. The van der Waals surface area contributed by atoms with E-state index in [1.54, 1.807) is 21.0 Å². The fourth-order valence-electron chi connectivity index (χ4n) is 1.76. The molecule has 0 fully saturated rings. The first kappa shape index (κ1) is 17.0. The Morgan fingerprint density at radius 1 is 1.24 bits per heavy atom. The van der Waals surface area contributed by atoms with Crippen molar-refractivity contribution in [1.82, 2.24) is 5.32 Å². The zero-order valence-corrected chi connectivity index (χ0v) is 12.8. The molecule has 0 aliphatic carbocycles. The number of nitrogens with one attached hydrogen (secondary N) is 1. The fraction of sp³-hybridized carbons (Fsp3) is 0.500. The van der Waals surface area contributed by atoms with Crippen LogP contribution in [-0.4, -0.2) is 30.6 Å². The molecule has 5 heteroatoms. The summed E-state index contributed by atoms with van der Waals surface area (Å²) < 4.78 is 5.07. The third kappa shape index (κ3) is 5.85. The Bertz CT molecular complexity index is 480. The third-order valence-electron chi connectivity index (χ3n) is 3.45. The van der Waals surface area contributed by atoms with Crippen molar-refractivity contribution in [2.24, 2.45) is 5.41 Å². The Morgan fingerprint density at radius 3 is 2.38 bits per heavy atom. The van der Waals surface area contributed by atoms with Crippen molar-refractivity contribution in [3.8, 4) is 5.75 Å². The van der Waals surface area contributed by atoms with E-state index < -0.39 is 11.4 Å². The van der Waals surface area contributed by atoms with Gasteiger partial charge in [0, 0.05) is 13.0 Å². The smallest absolute Gasteiger partial charge is 0.309 e. The molecule has 116 valence electrons. The number of carbonyl (C=O) groups is 2. The number of hydrogen-bond acceptors (Lipinski definition) is 3. The SMILES string of the molecule is COc1ccc(CCC(=O)NCCC(C)(C)C(=O)O)cc1. The Labute approximate surface area is 125 Å². The van der Waals surface area contributed by atoms with E-state index in [9.17, 15) is 9.59 Å². The van der Waals surface area contributed by atoms with Gasteiger partial charge in [0.2, 0.25) is 5.91 Å². The summed E-state index contributed by atoms with van der Waals surface area (Å²) in [4.78, 5) is 22.6. The van der Waals surface area contributed by atoms with Crippen LogP contribution in [0.1, 0.15) is 32.3 Å². The normalized spacial score (nSPS) is 11.0. The highest BCUT2D eigenvalue weighted by atomic mass is 16.5. The molecule has 0 unspecified atom stereocenters. The van der Waals surface area contributed by atoms with Gasteiger partial charge in [-0.05, 0) is 44.4 Å². The van der Waals surface area contributed by atoms with Gasteiger partial charge < -0.3 is 15.2 Å². The molecule has 0 saturated heterocycles. The Hall–Kier alpha value is -2.04. The van der Waals surface area contributed by atoms with Gasteiger partial charge in [0.1, 0.15) is 5.75 Å². The average molecular weight is 293 g/mol. The predicted molar refractivity (Wildman–Crippen MR) is 80.4 cm³/mol. The first-order valence-electron chi connectivity index (χ1n) is 6.98. The summed E-state index contributed by atoms with van der Waals surface area (Å²) in [5, 5.41) is 11.7. The van der Waals surface area contributed by atoms with Gasteiger partial charge in [0.15, 0.2) is 0 Å². The maximum absolute atomic E-state index is 11.7. The first-order chi connectivity index (χ1) is 9.85. The number of amides is 1. The van der Waals surface area contributed by atoms with Gasteiger partial charge in [0.25, 0.3) is 0 Å². The summed E-state index contributed by atoms with van der Waals surface area (Å²) in [6.45, 7) is 3.68. The van der Waals surface area contributed by atoms with Gasteiger partial charge >= 0.3 is 5.97 Å². The van der Waals surface area contributed by atoms with E-state index in [2.05, 4.69) is 5.32 Å². The molecule has 1 rings (SSSR count). The quantitative estimate of drug-likeness (QED) is 0.771. The zero-order chi connectivity index (χ0) is 15.9. The molecule has 0 saturated carbocycles. The molecule has 0 heterocycles. The number of methoxy groups -OCH3 is 1. The second-order valence-electron chi connectivity index (χ2n) is 5.64. The zero-order valence-electron chi connectivity index (χ0n) is 12.8. The molecule has 0 aliphatic rings. The number of carboxylic acid groups (broad SMARTS) is 1. The van der Waals surface area contributed by atoms with Crippen molar-refractivity contribution in [3.63, 3.8) is 0 Å². The number of aryl methyl sites for hydroxylation is 1. The minimum absolute atomic E-state index is 0.0630. The van der Waals surface area contributed by atoms with Crippen LogP contribution in [0.2, 0.25) is 0 Å². The third-order valence-corrected chi connectivity index (χ3v) is 3.45. The number of carboxylic acids is 1. The van der Waals surface area contributed by atoms with Gasteiger partial charge in [-0.3, -0.25) is 9.59 Å². The highest BCUT2D eigenvalue weighted by Gasteiger charge is 2.26. The number of ether oxygens (including phenoxy) is 1. The summed E-state index contributed by atoms with van der Waals surface area (Å²) in [5.74, 6) is -0.124. The predicted octanol–water partition coefficient (Wildman–Crippen LogP) is 2.24. The minimum Gasteiger partial charge on any atom is -0.497 e. The number of benzene rings is 1. The Morgan fingerprint density at radius 2 is 1.86 bits per heavy atom. The lowest BCUT2D eigenvalue weighted by molar-refractivity contribution is -0.147. The second kappa shape index (κ2) is 7.67. The highest BCUT2D eigenvalue weighted by Crippen LogP contribution is 2.19. The van der Waals surface area contributed by atoms with Crippen LogP contribution in [0.3, 0.4) is 0 Å². The summed E-state index contributed by atoms with van der Waals surface area (Å²) in [6.07, 6.45) is 1.45. The molecule has 0 bridgehead atoms. The van der Waals surface area contributed by atoms with Crippen LogP contribution in [0.15, 0.2) is 24.3 Å². The van der Waals surface area contributed by atoms with Gasteiger partial charge in [-0.25, -0.2) is 0 Å². The highest BCUT2D eigenvalue weighted by molar-refractivity contribution is 5.76. The molecule has 1 amide bonds. The minimum atomic E-state index is -0.852. The first-order valence-corrected chi connectivity index (χ1v) is 6.98. The van der Waals surface area contributed by atoms with Crippen LogP contribution >= 0.6 is 0 Å². The van der Waals surface area contributed by atoms with E-state index >= 15 is 0 Å².